The summed E-state index contributed by atoms with van der Waals surface area (Å²) in [7, 11) is 0. The van der Waals surface area contributed by atoms with Gasteiger partial charge >= 0.3 is 0 Å². The Kier molecular flexibility index (Phi) is 2.46. The van der Waals surface area contributed by atoms with E-state index in [0.717, 1.165) is 16.9 Å². The van der Waals surface area contributed by atoms with Crippen LogP contribution < -0.4 is 11.1 Å². The lowest BCUT2D eigenvalue weighted by Gasteiger charge is -2.07. The fourth-order valence-corrected chi connectivity index (χ4v) is 1.30. The average Bonchev–Trinajstić information content (AvgIpc) is 2.71. The van der Waals surface area contributed by atoms with Crippen molar-refractivity contribution in [3.63, 3.8) is 0 Å². The largest absolute Gasteiger partial charge is 0.353 e. The molecule has 0 aliphatic carbocycles. The van der Waals surface area contributed by atoms with Gasteiger partial charge in [-0.15, -0.1) is 0 Å². The number of nitrogens with zero attached hydrogens (tertiary/aromatic N) is 1. The van der Waals surface area contributed by atoms with E-state index in [2.05, 4.69) is 15.5 Å². The number of hydrogen-bond acceptors (Lipinski definition) is 3. The Bertz CT molecular complexity index is 394. The number of para-hydroxylation sites is 1. The molecule has 14 heavy (non-hydrogen) atoms. The Morgan fingerprint density at radius 3 is 2.93 bits per heavy atom. The monoisotopic (exact) mass is 188 g/mol. The molecule has 72 valence electrons. The van der Waals surface area contributed by atoms with Crippen LogP contribution in [0.25, 0.3) is 0 Å². The van der Waals surface area contributed by atoms with E-state index in [-0.39, 0.29) is 0 Å². The number of aromatic nitrogens is 2. The van der Waals surface area contributed by atoms with E-state index in [0.29, 0.717) is 6.54 Å². The van der Waals surface area contributed by atoms with Gasteiger partial charge in [-0.2, -0.15) is 5.10 Å². The van der Waals surface area contributed by atoms with Crippen molar-refractivity contribution < 1.29 is 0 Å². The number of benzene rings is 1. The van der Waals surface area contributed by atoms with Crippen LogP contribution in [0.4, 0.5) is 11.4 Å². The molecule has 0 radical (unpaired) electrons. The van der Waals surface area contributed by atoms with Crippen molar-refractivity contribution in [1.29, 1.82) is 0 Å². The Hall–Kier alpha value is -1.81. The third kappa shape index (κ3) is 1.75. The van der Waals surface area contributed by atoms with E-state index in [1.807, 2.05) is 24.3 Å². The van der Waals surface area contributed by atoms with Crippen LogP contribution in [0, 0.1) is 0 Å². The van der Waals surface area contributed by atoms with Gasteiger partial charge in [0.1, 0.15) is 0 Å². The van der Waals surface area contributed by atoms with Crippen molar-refractivity contribution in [1.82, 2.24) is 10.2 Å². The summed E-state index contributed by atoms with van der Waals surface area (Å²) in [6.07, 6.45) is 3.53. The second-order valence-electron chi connectivity index (χ2n) is 2.97. The first-order valence-corrected chi connectivity index (χ1v) is 4.44. The summed E-state index contributed by atoms with van der Waals surface area (Å²) in [4.78, 5) is 0. The first kappa shape index (κ1) is 8.77. The zero-order valence-corrected chi connectivity index (χ0v) is 7.70. The molecule has 0 bridgehead atoms. The zero-order valence-electron chi connectivity index (χ0n) is 7.70. The van der Waals surface area contributed by atoms with Crippen LogP contribution in [-0.4, -0.2) is 10.2 Å². The van der Waals surface area contributed by atoms with Crippen LogP contribution in [0.3, 0.4) is 0 Å². The lowest BCUT2D eigenvalue weighted by atomic mass is 10.2. The molecular weight excluding hydrogens is 176 g/mol. The maximum absolute atomic E-state index is 5.62. The van der Waals surface area contributed by atoms with E-state index in [1.54, 1.807) is 12.4 Å². The smallest absolute Gasteiger partial charge is 0.0767 e. The summed E-state index contributed by atoms with van der Waals surface area (Å²) in [5, 5.41) is 9.83. The minimum Gasteiger partial charge on any atom is -0.353 e. The van der Waals surface area contributed by atoms with Gasteiger partial charge in [-0.25, -0.2) is 0 Å². The lowest BCUT2D eigenvalue weighted by molar-refractivity contribution is 1.07. The Labute approximate surface area is 82.1 Å². The van der Waals surface area contributed by atoms with Gasteiger partial charge in [0.25, 0.3) is 0 Å². The van der Waals surface area contributed by atoms with Gasteiger partial charge in [0.05, 0.1) is 11.9 Å². The van der Waals surface area contributed by atoms with Crippen molar-refractivity contribution in [2.75, 3.05) is 5.32 Å². The minimum atomic E-state index is 0.529. The van der Waals surface area contributed by atoms with Crippen molar-refractivity contribution in [3.8, 4) is 0 Å². The van der Waals surface area contributed by atoms with Crippen molar-refractivity contribution in [3.05, 3.63) is 42.2 Å². The molecule has 4 heteroatoms. The molecule has 0 amide bonds. The number of H-pyrrole nitrogens is 1. The topological polar surface area (TPSA) is 66.7 Å². The third-order valence-corrected chi connectivity index (χ3v) is 2.01. The Morgan fingerprint density at radius 1 is 1.36 bits per heavy atom. The van der Waals surface area contributed by atoms with Gasteiger partial charge in [0, 0.05) is 18.4 Å². The number of rotatable bonds is 3. The molecule has 0 spiro atoms. The van der Waals surface area contributed by atoms with Crippen molar-refractivity contribution in [2.45, 2.75) is 6.54 Å². The van der Waals surface area contributed by atoms with Crippen LogP contribution in [0.15, 0.2) is 36.7 Å². The molecule has 4 N–H and O–H groups in total. The average molecular weight is 188 g/mol. The second-order valence-corrected chi connectivity index (χ2v) is 2.97. The van der Waals surface area contributed by atoms with Gasteiger partial charge < -0.3 is 11.1 Å². The molecule has 0 atom stereocenters. The number of aromatic amines is 1. The fourth-order valence-electron chi connectivity index (χ4n) is 1.30. The maximum atomic E-state index is 5.62. The highest BCUT2D eigenvalue weighted by Gasteiger charge is 1.99. The van der Waals surface area contributed by atoms with Crippen LogP contribution >= 0.6 is 0 Å². The molecule has 4 nitrogen and oxygen atoms in total. The number of anilines is 2. The summed E-state index contributed by atoms with van der Waals surface area (Å²) in [6.45, 7) is 0.529. The molecule has 0 fully saturated rings. The minimum absolute atomic E-state index is 0.529. The summed E-state index contributed by atoms with van der Waals surface area (Å²) in [5.41, 5.74) is 8.67. The van der Waals surface area contributed by atoms with E-state index < -0.39 is 0 Å². The van der Waals surface area contributed by atoms with Crippen LogP contribution in [0.1, 0.15) is 5.56 Å². The highest BCUT2D eigenvalue weighted by Crippen LogP contribution is 2.18. The molecule has 0 saturated carbocycles. The molecule has 1 aromatic carbocycles. The predicted molar refractivity (Wildman–Crippen MR) is 56.2 cm³/mol. The molecule has 0 unspecified atom stereocenters. The number of nitrogens with two attached hydrogens (primary N) is 1. The molecule has 1 aromatic heterocycles. The number of nitrogens with one attached hydrogen (secondary N) is 2. The molecule has 0 saturated heterocycles. The van der Waals surface area contributed by atoms with Gasteiger partial charge in [0.15, 0.2) is 0 Å². The molecular formula is C10H12N4. The van der Waals surface area contributed by atoms with E-state index in [4.69, 9.17) is 5.73 Å². The van der Waals surface area contributed by atoms with E-state index in [9.17, 15) is 0 Å². The highest BCUT2D eigenvalue weighted by atomic mass is 15.1. The van der Waals surface area contributed by atoms with Crippen molar-refractivity contribution in [2.24, 2.45) is 5.73 Å². The van der Waals surface area contributed by atoms with Gasteiger partial charge in [-0.1, -0.05) is 18.2 Å². The van der Waals surface area contributed by atoms with Crippen molar-refractivity contribution >= 4 is 11.4 Å². The third-order valence-electron chi connectivity index (χ3n) is 2.01. The summed E-state index contributed by atoms with van der Waals surface area (Å²) < 4.78 is 0. The molecule has 2 rings (SSSR count). The quantitative estimate of drug-likeness (QED) is 0.685. The SMILES string of the molecule is NCc1ccccc1Nc1cn[nH]c1. The first-order valence-electron chi connectivity index (χ1n) is 4.44. The Morgan fingerprint density at radius 2 is 2.21 bits per heavy atom. The summed E-state index contributed by atoms with van der Waals surface area (Å²) in [6, 6.07) is 7.95. The Balaban J connectivity index is 2.24. The number of hydrogen-bond donors (Lipinski definition) is 3. The van der Waals surface area contributed by atoms with Crippen LogP contribution in [0.2, 0.25) is 0 Å². The second kappa shape index (κ2) is 3.93. The normalized spacial score (nSPS) is 10.1. The zero-order chi connectivity index (χ0) is 9.80. The highest BCUT2D eigenvalue weighted by molar-refractivity contribution is 5.61. The summed E-state index contributed by atoms with van der Waals surface area (Å²) in [5.74, 6) is 0. The van der Waals surface area contributed by atoms with E-state index >= 15 is 0 Å². The fraction of sp³-hybridized carbons (Fsp3) is 0.100. The van der Waals surface area contributed by atoms with Gasteiger partial charge in [-0.05, 0) is 11.6 Å². The standard InChI is InChI=1S/C10H12N4/c11-5-8-3-1-2-4-10(8)14-9-6-12-13-7-9/h1-4,6-7,14H,5,11H2,(H,12,13). The van der Waals surface area contributed by atoms with E-state index in [1.165, 1.54) is 0 Å². The predicted octanol–water partition coefficient (Wildman–Crippen LogP) is 1.61. The molecule has 1 heterocycles. The molecule has 2 aromatic rings. The molecule has 0 aliphatic rings. The van der Waals surface area contributed by atoms with Crippen LogP contribution in [0.5, 0.6) is 0 Å². The van der Waals surface area contributed by atoms with Gasteiger partial charge in [0.2, 0.25) is 0 Å². The maximum Gasteiger partial charge on any atom is 0.0767 e. The lowest BCUT2D eigenvalue weighted by Crippen LogP contribution is -2.00. The van der Waals surface area contributed by atoms with Crippen LogP contribution in [-0.2, 0) is 6.54 Å². The first-order chi connectivity index (χ1) is 6.90. The molecule has 0 aliphatic heterocycles. The van der Waals surface area contributed by atoms with Gasteiger partial charge in [-0.3, -0.25) is 5.10 Å². The summed E-state index contributed by atoms with van der Waals surface area (Å²) >= 11 is 0.